The molecule has 1 aromatic heterocycles. The summed E-state index contributed by atoms with van der Waals surface area (Å²) < 4.78 is 15.6. The average molecular weight is 264 g/mol. The smallest absolute Gasteiger partial charge is 0.360 e. The van der Waals surface area contributed by atoms with Gasteiger partial charge in [-0.25, -0.2) is 9.89 Å². The second-order valence-corrected chi connectivity index (χ2v) is 3.67. The molecule has 0 unspecified atom stereocenters. The van der Waals surface area contributed by atoms with Gasteiger partial charge in [-0.3, -0.25) is 0 Å². The summed E-state index contributed by atoms with van der Waals surface area (Å²) in [6, 6.07) is 4.71. The second kappa shape index (κ2) is 4.09. The average Bonchev–Trinajstić information content (AvgIpc) is 2.97. The summed E-state index contributed by atoms with van der Waals surface area (Å²) in [6.45, 7) is 0.121. The van der Waals surface area contributed by atoms with E-state index in [4.69, 9.17) is 19.3 Å². The summed E-state index contributed by atoms with van der Waals surface area (Å²) in [7, 11) is 0. The van der Waals surface area contributed by atoms with Crippen molar-refractivity contribution in [1.82, 2.24) is 10.2 Å². The lowest BCUT2D eigenvalue weighted by Gasteiger charge is -2.05. The van der Waals surface area contributed by atoms with Crippen molar-refractivity contribution in [2.24, 2.45) is 0 Å². The molecule has 0 amide bonds. The van der Waals surface area contributed by atoms with Gasteiger partial charge in [0.2, 0.25) is 18.2 Å². The minimum atomic E-state index is -1.31. The predicted molar refractivity (Wildman–Crippen MR) is 59.9 cm³/mol. The lowest BCUT2D eigenvalue weighted by atomic mass is 10.3. The van der Waals surface area contributed by atoms with Gasteiger partial charge < -0.3 is 24.4 Å². The number of benzene rings is 1. The van der Waals surface area contributed by atoms with Crippen LogP contribution in [0.25, 0.3) is 0 Å². The Labute approximate surface area is 106 Å². The van der Waals surface area contributed by atoms with E-state index in [0.717, 1.165) is 0 Å². The number of nitrogens with zero attached hydrogens (tertiary/aromatic N) is 1. The summed E-state index contributed by atoms with van der Waals surface area (Å²) in [5, 5.41) is 23.9. The predicted octanol–water partition coefficient (Wildman–Crippen LogP) is 1.33. The lowest BCUT2D eigenvalue weighted by molar-refractivity contribution is 0.0687. The molecular weight excluding hydrogens is 256 g/mol. The fourth-order valence-corrected chi connectivity index (χ4v) is 1.62. The van der Waals surface area contributed by atoms with Crippen molar-refractivity contribution >= 4 is 5.97 Å². The van der Waals surface area contributed by atoms with Crippen molar-refractivity contribution < 1.29 is 29.2 Å². The number of carboxylic acid groups (broad SMARTS) is 1. The minimum Gasteiger partial charge on any atom is -0.491 e. The highest BCUT2D eigenvalue weighted by Gasteiger charge is 2.22. The van der Waals surface area contributed by atoms with E-state index >= 15 is 0 Å². The molecule has 2 aromatic rings. The zero-order chi connectivity index (χ0) is 13.4. The molecule has 1 aromatic carbocycles. The molecule has 98 valence electrons. The fraction of sp³-hybridized carbons (Fsp3) is 0.0909. The number of aromatic amines is 1. The van der Waals surface area contributed by atoms with Crippen LogP contribution < -0.4 is 14.2 Å². The Balaban J connectivity index is 1.93. The number of carbonyl (C=O) groups is 1. The van der Waals surface area contributed by atoms with Gasteiger partial charge in [-0.15, -0.1) is 0 Å². The monoisotopic (exact) mass is 264 g/mol. The van der Waals surface area contributed by atoms with Gasteiger partial charge in [0, 0.05) is 6.07 Å². The number of hydrogen-bond acceptors (Lipinski definition) is 6. The van der Waals surface area contributed by atoms with Gasteiger partial charge in [-0.2, -0.15) is 5.10 Å². The molecule has 1 aliphatic heterocycles. The minimum absolute atomic E-state index is 0.121. The van der Waals surface area contributed by atoms with Crippen molar-refractivity contribution in [3.8, 4) is 28.9 Å². The summed E-state index contributed by atoms with van der Waals surface area (Å²) in [5.74, 6) is -0.684. The Hall–Kier alpha value is -2.90. The quantitative estimate of drug-likeness (QED) is 0.766. The molecule has 1 aliphatic rings. The first-order chi connectivity index (χ1) is 9.15. The summed E-state index contributed by atoms with van der Waals surface area (Å²) in [4.78, 5) is 10.9. The number of aromatic nitrogens is 2. The summed E-state index contributed by atoms with van der Waals surface area (Å²) in [6.07, 6.45) is 0. The van der Waals surface area contributed by atoms with E-state index in [0.29, 0.717) is 17.2 Å². The molecule has 0 saturated carbocycles. The topological polar surface area (TPSA) is 114 Å². The van der Waals surface area contributed by atoms with Gasteiger partial charge in [0.05, 0.1) is 0 Å². The molecule has 2 heterocycles. The van der Waals surface area contributed by atoms with Crippen molar-refractivity contribution in [1.29, 1.82) is 0 Å². The maximum absolute atomic E-state index is 10.9. The molecule has 0 atom stereocenters. The molecule has 3 N–H and O–H groups in total. The molecule has 0 spiro atoms. The van der Waals surface area contributed by atoms with Crippen molar-refractivity contribution in [2.75, 3.05) is 6.79 Å². The summed E-state index contributed by atoms with van der Waals surface area (Å²) >= 11 is 0. The molecule has 0 fully saturated rings. The number of aromatic carboxylic acids is 1. The van der Waals surface area contributed by atoms with E-state index in [9.17, 15) is 9.90 Å². The van der Waals surface area contributed by atoms with Gasteiger partial charge in [-0.1, -0.05) is 0 Å². The molecule has 0 radical (unpaired) electrons. The van der Waals surface area contributed by atoms with Crippen LogP contribution in [0.5, 0.6) is 28.9 Å². The van der Waals surface area contributed by atoms with E-state index in [1.165, 1.54) is 6.07 Å². The van der Waals surface area contributed by atoms with Gasteiger partial charge in [0.15, 0.2) is 11.5 Å². The van der Waals surface area contributed by atoms with Gasteiger partial charge in [0.1, 0.15) is 5.75 Å². The van der Waals surface area contributed by atoms with E-state index < -0.39 is 17.5 Å². The fourth-order valence-electron chi connectivity index (χ4n) is 1.62. The zero-order valence-corrected chi connectivity index (χ0v) is 9.41. The number of aromatic hydroxyl groups is 1. The first kappa shape index (κ1) is 11.2. The van der Waals surface area contributed by atoms with Crippen LogP contribution >= 0.6 is 0 Å². The Kier molecular flexibility index (Phi) is 2.41. The molecule has 0 aliphatic carbocycles. The standard InChI is InChI=1S/C11H8N2O6/c14-10-9(8(11(15)16)12-13-10)19-5-1-2-6-7(3-5)18-4-17-6/h1-3H,4H2,(H,15,16)(H2,12,13,14). The lowest BCUT2D eigenvalue weighted by Crippen LogP contribution is -1.99. The highest BCUT2D eigenvalue weighted by molar-refractivity contribution is 5.89. The molecule has 8 heteroatoms. The summed E-state index contributed by atoms with van der Waals surface area (Å²) in [5.41, 5.74) is -0.407. The number of ether oxygens (including phenoxy) is 3. The number of hydrogen-bond donors (Lipinski definition) is 3. The SMILES string of the molecule is O=C(O)c1n[nH]c(O)c1Oc1ccc2c(c1)OCO2. The van der Waals surface area contributed by atoms with E-state index in [2.05, 4.69) is 10.2 Å². The van der Waals surface area contributed by atoms with Gasteiger partial charge in [0.25, 0.3) is 5.88 Å². The van der Waals surface area contributed by atoms with Gasteiger partial charge >= 0.3 is 5.97 Å². The first-order valence-electron chi connectivity index (χ1n) is 5.23. The largest absolute Gasteiger partial charge is 0.491 e. The maximum atomic E-state index is 10.9. The number of H-pyrrole nitrogens is 1. The first-order valence-corrected chi connectivity index (χ1v) is 5.23. The number of carboxylic acids is 1. The molecule has 8 nitrogen and oxygen atoms in total. The Morgan fingerprint density at radius 2 is 2.16 bits per heavy atom. The van der Waals surface area contributed by atoms with Crippen LogP contribution in [0.1, 0.15) is 10.5 Å². The van der Waals surface area contributed by atoms with Crippen LogP contribution in [0, 0.1) is 0 Å². The molecule has 0 saturated heterocycles. The third-order valence-corrected chi connectivity index (χ3v) is 2.47. The van der Waals surface area contributed by atoms with Crippen molar-refractivity contribution in [3.05, 3.63) is 23.9 Å². The van der Waals surface area contributed by atoms with Gasteiger partial charge in [-0.05, 0) is 12.1 Å². The van der Waals surface area contributed by atoms with E-state index in [1.807, 2.05) is 0 Å². The molecule has 19 heavy (non-hydrogen) atoms. The van der Waals surface area contributed by atoms with Crippen LogP contribution in [0.15, 0.2) is 18.2 Å². The zero-order valence-electron chi connectivity index (χ0n) is 9.41. The molecule has 0 bridgehead atoms. The molecular formula is C11H8N2O6. The third-order valence-electron chi connectivity index (χ3n) is 2.47. The second-order valence-electron chi connectivity index (χ2n) is 3.67. The number of nitrogens with one attached hydrogen (secondary N) is 1. The third kappa shape index (κ3) is 1.88. The van der Waals surface area contributed by atoms with Crippen LogP contribution in [-0.4, -0.2) is 33.2 Å². The number of rotatable bonds is 3. The Morgan fingerprint density at radius 1 is 1.37 bits per heavy atom. The van der Waals surface area contributed by atoms with Crippen LogP contribution in [-0.2, 0) is 0 Å². The van der Waals surface area contributed by atoms with Crippen molar-refractivity contribution in [2.45, 2.75) is 0 Å². The van der Waals surface area contributed by atoms with Crippen LogP contribution in [0.2, 0.25) is 0 Å². The number of fused-ring (bicyclic) bond motifs is 1. The Morgan fingerprint density at radius 3 is 2.95 bits per heavy atom. The van der Waals surface area contributed by atoms with Crippen LogP contribution in [0.3, 0.4) is 0 Å². The van der Waals surface area contributed by atoms with E-state index in [-0.39, 0.29) is 12.5 Å². The maximum Gasteiger partial charge on any atom is 0.360 e. The Bertz CT molecular complexity index is 651. The highest BCUT2D eigenvalue weighted by atomic mass is 16.7. The van der Waals surface area contributed by atoms with E-state index in [1.54, 1.807) is 12.1 Å². The van der Waals surface area contributed by atoms with Crippen LogP contribution in [0.4, 0.5) is 0 Å². The highest BCUT2D eigenvalue weighted by Crippen LogP contribution is 2.38. The normalized spacial score (nSPS) is 12.4. The molecule has 3 rings (SSSR count). The van der Waals surface area contributed by atoms with Crippen molar-refractivity contribution in [3.63, 3.8) is 0 Å².